The summed E-state index contributed by atoms with van der Waals surface area (Å²) < 4.78 is 0. The van der Waals surface area contributed by atoms with Crippen LogP contribution in [0.1, 0.15) is 72.2 Å². The van der Waals surface area contributed by atoms with Crippen molar-refractivity contribution in [1.82, 2.24) is 15.6 Å². The third-order valence-electron chi connectivity index (χ3n) is 6.37. The standard InChI is InChI=1S/C30H37ClN4O3/c1-3-5-17-35(18-6-4-2)19-9-16-32-30(38)26-14-12-23(24-10-7-8-11-25(24)26)21-33-34-29(37)22-13-15-28(36)27(31)20-22/h7-8,10-15,20-21,36H,3-6,9,16-19H2,1-2H3,(H,32,38)(H,34,37)/b33-21+. The maximum absolute atomic E-state index is 13.0. The SMILES string of the molecule is CCCCN(CCCC)CCCNC(=O)c1ccc(/C=N/NC(=O)c2ccc(O)c(Cl)c2)c2ccccc12. The zero-order chi connectivity index (χ0) is 27.3. The highest BCUT2D eigenvalue weighted by atomic mass is 35.5. The molecule has 3 aromatic rings. The molecule has 8 heteroatoms. The van der Waals surface area contributed by atoms with Crippen LogP contribution in [0, 0.1) is 0 Å². The summed E-state index contributed by atoms with van der Waals surface area (Å²) in [6, 6.07) is 15.4. The molecule has 0 aliphatic carbocycles. The number of rotatable bonds is 14. The van der Waals surface area contributed by atoms with Gasteiger partial charge in [0.25, 0.3) is 11.8 Å². The van der Waals surface area contributed by atoms with Gasteiger partial charge in [-0.15, -0.1) is 0 Å². The smallest absolute Gasteiger partial charge is 0.271 e. The number of benzene rings is 3. The second-order valence-corrected chi connectivity index (χ2v) is 9.68. The van der Waals surface area contributed by atoms with Crippen LogP contribution in [0.15, 0.2) is 59.7 Å². The van der Waals surface area contributed by atoms with Crippen LogP contribution in [-0.2, 0) is 0 Å². The maximum Gasteiger partial charge on any atom is 0.271 e. The second kappa shape index (κ2) is 15.1. The van der Waals surface area contributed by atoms with Crippen molar-refractivity contribution >= 4 is 40.4 Å². The van der Waals surface area contributed by atoms with E-state index in [1.165, 1.54) is 43.9 Å². The van der Waals surface area contributed by atoms with Crippen LogP contribution in [0.3, 0.4) is 0 Å². The summed E-state index contributed by atoms with van der Waals surface area (Å²) in [7, 11) is 0. The number of hydrazone groups is 1. The molecule has 0 aromatic heterocycles. The number of phenols is 1. The Morgan fingerprint density at radius 1 is 0.921 bits per heavy atom. The fraction of sp³-hybridized carbons (Fsp3) is 0.367. The van der Waals surface area contributed by atoms with Crippen molar-refractivity contribution in [1.29, 1.82) is 0 Å². The van der Waals surface area contributed by atoms with Crippen LogP contribution < -0.4 is 10.7 Å². The number of phenolic OH excluding ortho intramolecular Hbond substituents is 1. The van der Waals surface area contributed by atoms with E-state index in [4.69, 9.17) is 11.6 Å². The molecule has 0 bridgehead atoms. The lowest BCUT2D eigenvalue weighted by molar-refractivity contribution is 0.0946. The Morgan fingerprint density at radius 2 is 1.61 bits per heavy atom. The van der Waals surface area contributed by atoms with E-state index in [1.807, 2.05) is 30.3 Å². The summed E-state index contributed by atoms with van der Waals surface area (Å²) in [6.07, 6.45) is 7.23. The lowest BCUT2D eigenvalue weighted by Crippen LogP contribution is -2.31. The molecule has 7 nitrogen and oxygen atoms in total. The highest BCUT2D eigenvalue weighted by Crippen LogP contribution is 2.24. The Hall–Kier alpha value is -3.42. The lowest BCUT2D eigenvalue weighted by atomic mass is 9.99. The fourth-order valence-electron chi connectivity index (χ4n) is 4.20. The molecule has 3 rings (SSSR count). The number of carbonyl (C=O) groups excluding carboxylic acids is 2. The molecule has 3 N–H and O–H groups in total. The molecule has 0 saturated heterocycles. The maximum atomic E-state index is 13.0. The van der Waals surface area contributed by atoms with E-state index in [2.05, 4.69) is 34.6 Å². The van der Waals surface area contributed by atoms with Gasteiger partial charge in [0, 0.05) is 23.2 Å². The Labute approximate surface area is 229 Å². The lowest BCUT2D eigenvalue weighted by Gasteiger charge is -2.22. The average Bonchev–Trinajstić information content (AvgIpc) is 2.93. The molecule has 0 atom stereocenters. The number of amides is 2. The number of unbranched alkanes of at least 4 members (excludes halogenated alkanes) is 2. The average molecular weight is 537 g/mol. The minimum absolute atomic E-state index is 0.0896. The number of hydrogen-bond acceptors (Lipinski definition) is 5. The number of carbonyl (C=O) groups is 2. The van der Waals surface area contributed by atoms with Gasteiger partial charge in [-0.2, -0.15) is 5.10 Å². The largest absolute Gasteiger partial charge is 0.506 e. The minimum atomic E-state index is -0.452. The van der Waals surface area contributed by atoms with E-state index in [9.17, 15) is 14.7 Å². The zero-order valence-corrected chi connectivity index (χ0v) is 22.9. The van der Waals surface area contributed by atoms with Crippen LogP contribution >= 0.6 is 11.6 Å². The summed E-state index contributed by atoms with van der Waals surface area (Å²) in [6.45, 7) is 8.26. The van der Waals surface area contributed by atoms with Gasteiger partial charge in [-0.3, -0.25) is 9.59 Å². The number of fused-ring (bicyclic) bond motifs is 1. The number of aromatic hydroxyl groups is 1. The predicted octanol–water partition coefficient (Wildman–Crippen LogP) is 5.98. The highest BCUT2D eigenvalue weighted by Gasteiger charge is 2.12. The number of hydrogen-bond donors (Lipinski definition) is 3. The van der Waals surface area contributed by atoms with E-state index < -0.39 is 5.91 Å². The van der Waals surface area contributed by atoms with Crippen LogP contribution in [0.5, 0.6) is 5.75 Å². The van der Waals surface area contributed by atoms with Gasteiger partial charge in [-0.1, -0.05) is 68.6 Å². The van der Waals surface area contributed by atoms with Gasteiger partial charge in [0.1, 0.15) is 5.75 Å². The zero-order valence-electron chi connectivity index (χ0n) is 22.2. The van der Waals surface area contributed by atoms with Crippen LogP contribution in [-0.4, -0.2) is 54.2 Å². The molecule has 3 aromatic carbocycles. The fourth-order valence-corrected chi connectivity index (χ4v) is 4.39. The predicted molar refractivity (Wildman–Crippen MR) is 155 cm³/mol. The van der Waals surface area contributed by atoms with E-state index in [0.29, 0.717) is 12.1 Å². The van der Waals surface area contributed by atoms with Crippen molar-refractivity contribution in [3.05, 3.63) is 76.3 Å². The van der Waals surface area contributed by atoms with Crippen molar-refractivity contribution in [3.63, 3.8) is 0 Å². The van der Waals surface area contributed by atoms with Crippen molar-refractivity contribution in [3.8, 4) is 5.75 Å². The van der Waals surface area contributed by atoms with E-state index in [0.717, 1.165) is 42.4 Å². The number of nitrogens with one attached hydrogen (secondary N) is 2. The van der Waals surface area contributed by atoms with Gasteiger partial charge in [0.15, 0.2) is 0 Å². The first-order chi connectivity index (χ1) is 18.4. The van der Waals surface area contributed by atoms with Gasteiger partial charge < -0.3 is 15.3 Å². The molecular weight excluding hydrogens is 500 g/mol. The molecule has 0 heterocycles. The minimum Gasteiger partial charge on any atom is -0.506 e. The van der Waals surface area contributed by atoms with Gasteiger partial charge >= 0.3 is 0 Å². The van der Waals surface area contributed by atoms with Gasteiger partial charge in [-0.05, 0) is 73.9 Å². The van der Waals surface area contributed by atoms with E-state index in [-0.39, 0.29) is 22.2 Å². The van der Waals surface area contributed by atoms with Crippen LogP contribution in [0.2, 0.25) is 5.02 Å². The highest BCUT2D eigenvalue weighted by molar-refractivity contribution is 6.32. The molecule has 0 unspecified atom stereocenters. The number of nitrogens with zero attached hydrogens (tertiary/aromatic N) is 2. The van der Waals surface area contributed by atoms with Gasteiger partial charge in [-0.25, -0.2) is 5.43 Å². The Bertz CT molecular complexity index is 1250. The summed E-state index contributed by atoms with van der Waals surface area (Å²) >= 11 is 5.88. The summed E-state index contributed by atoms with van der Waals surface area (Å²) in [4.78, 5) is 27.9. The Kier molecular flexibility index (Phi) is 11.6. The quantitative estimate of drug-likeness (QED) is 0.134. The summed E-state index contributed by atoms with van der Waals surface area (Å²) in [5, 5.41) is 18.4. The molecule has 0 saturated carbocycles. The van der Waals surface area contributed by atoms with Crippen LogP contribution in [0.25, 0.3) is 10.8 Å². The Morgan fingerprint density at radius 3 is 2.29 bits per heavy atom. The van der Waals surface area contributed by atoms with E-state index >= 15 is 0 Å². The van der Waals surface area contributed by atoms with Crippen molar-refractivity contribution in [2.75, 3.05) is 26.2 Å². The molecule has 0 spiro atoms. The first-order valence-electron chi connectivity index (χ1n) is 13.3. The molecule has 38 heavy (non-hydrogen) atoms. The van der Waals surface area contributed by atoms with Gasteiger partial charge in [0.05, 0.1) is 11.2 Å². The topological polar surface area (TPSA) is 94.0 Å². The summed E-state index contributed by atoms with van der Waals surface area (Å²) in [5.74, 6) is -0.648. The van der Waals surface area contributed by atoms with Crippen molar-refractivity contribution < 1.29 is 14.7 Å². The number of halogens is 1. The first-order valence-corrected chi connectivity index (χ1v) is 13.7. The normalized spacial score (nSPS) is 11.4. The second-order valence-electron chi connectivity index (χ2n) is 9.27. The molecule has 202 valence electrons. The molecule has 0 aliphatic rings. The third kappa shape index (κ3) is 8.30. The molecule has 0 fully saturated rings. The van der Waals surface area contributed by atoms with E-state index in [1.54, 1.807) is 12.3 Å². The summed E-state index contributed by atoms with van der Waals surface area (Å²) in [5.41, 5.74) is 4.12. The molecule has 0 radical (unpaired) electrons. The first kappa shape index (κ1) is 29.1. The van der Waals surface area contributed by atoms with Crippen molar-refractivity contribution in [2.24, 2.45) is 5.10 Å². The molecule has 2 amide bonds. The molecule has 0 aliphatic heterocycles. The Balaban J connectivity index is 1.62. The monoisotopic (exact) mass is 536 g/mol. The third-order valence-corrected chi connectivity index (χ3v) is 6.68. The molecular formula is C30H37ClN4O3. The van der Waals surface area contributed by atoms with Crippen LogP contribution in [0.4, 0.5) is 0 Å². The van der Waals surface area contributed by atoms with Gasteiger partial charge in [0.2, 0.25) is 0 Å². The van der Waals surface area contributed by atoms with Crippen molar-refractivity contribution in [2.45, 2.75) is 46.0 Å².